The minimum absolute atomic E-state index is 0.344. The molecule has 0 heterocycles. The molecule has 5 heteroatoms. The van der Waals surface area contributed by atoms with Gasteiger partial charge in [-0.2, -0.15) is 0 Å². The number of hydrogen-bond acceptors (Lipinski definition) is 3. The van der Waals surface area contributed by atoms with Crippen molar-refractivity contribution >= 4 is 23.3 Å². The van der Waals surface area contributed by atoms with E-state index < -0.39 is 11.5 Å². The second-order valence-electron chi connectivity index (χ2n) is 4.76. The zero-order chi connectivity index (χ0) is 15.5. The molecule has 0 aliphatic heterocycles. The lowest BCUT2D eigenvalue weighted by Gasteiger charge is -2.29. The van der Waals surface area contributed by atoms with Gasteiger partial charge in [0.05, 0.1) is 7.11 Å². The Morgan fingerprint density at radius 1 is 1.24 bits per heavy atom. The second kappa shape index (κ2) is 6.14. The van der Waals surface area contributed by atoms with E-state index in [1.165, 1.54) is 19.2 Å². The first-order chi connectivity index (χ1) is 9.95. The highest BCUT2D eigenvalue weighted by molar-refractivity contribution is 6.30. The van der Waals surface area contributed by atoms with Crippen LogP contribution in [0.15, 0.2) is 48.5 Å². The first-order valence-corrected chi connectivity index (χ1v) is 6.72. The van der Waals surface area contributed by atoms with E-state index in [9.17, 15) is 9.18 Å². The van der Waals surface area contributed by atoms with Crippen LogP contribution in [-0.4, -0.2) is 13.1 Å². The van der Waals surface area contributed by atoms with E-state index in [4.69, 9.17) is 16.3 Å². The van der Waals surface area contributed by atoms with Crippen molar-refractivity contribution in [3.05, 3.63) is 64.9 Å². The predicted octanol–water partition coefficient (Wildman–Crippen LogP) is 3.98. The number of halogens is 2. The molecule has 3 nitrogen and oxygen atoms in total. The highest BCUT2D eigenvalue weighted by Gasteiger charge is 2.36. The van der Waals surface area contributed by atoms with Crippen LogP contribution in [0.5, 0.6) is 0 Å². The maximum absolute atomic E-state index is 13.0. The van der Waals surface area contributed by atoms with E-state index >= 15 is 0 Å². The van der Waals surface area contributed by atoms with Crippen LogP contribution in [0.4, 0.5) is 10.1 Å². The van der Waals surface area contributed by atoms with Gasteiger partial charge in [-0.3, -0.25) is 0 Å². The highest BCUT2D eigenvalue weighted by atomic mass is 35.5. The Kier molecular flexibility index (Phi) is 4.48. The van der Waals surface area contributed by atoms with Crippen LogP contribution in [0.3, 0.4) is 0 Å². The molecule has 110 valence electrons. The Balaban J connectivity index is 2.42. The van der Waals surface area contributed by atoms with Gasteiger partial charge in [-0.15, -0.1) is 0 Å². The number of esters is 1. The van der Waals surface area contributed by atoms with Gasteiger partial charge in [0, 0.05) is 10.7 Å². The van der Waals surface area contributed by atoms with Crippen molar-refractivity contribution in [2.45, 2.75) is 12.5 Å². The molecule has 21 heavy (non-hydrogen) atoms. The largest absolute Gasteiger partial charge is 0.467 e. The van der Waals surface area contributed by atoms with E-state index in [0.717, 1.165) is 0 Å². The van der Waals surface area contributed by atoms with Gasteiger partial charge in [-0.1, -0.05) is 23.7 Å². The fourth-order valence-corrected chi connectivity index (χ4v) is 2.26. The average Bonchev–Trinajstić information content (AvgIpc) is 2.48. The zero-order valence-electron chi connectivity index (χ0n) is 11.7. The minimum Gasteiger partial charge on any atom is -0.467 e. The first-order valence-electron chi connectivity index (χ1n) is 6.34. The van der Waals surface area contributed by atoms with Gasteiger partial charge in [0.25, 0.3) is 0 Å². The van der Waals surface area contributed by atoms with Crippen LogP contribution in [0.1, 0.15) is 12.5 Å². The van der Waals surface area contributed by atoms with Crippen molar-refractivity contribution in [2.24, 2.45) is 0 Å². The molecule has 1 unspecified atom stereocenters. The maximum atomic E-state index is 13.0. The normalized spacial score (nSPS) is 13.3. The number of nitrogens with one attached hydrogen (secondary N) is 1. The van der Waals surface area contributed by atoms with E-state index in [2.05, 4.69) is 5.32 Å². The summed E-state index contributed by atoms with van der Waals surface area (Å²) in [5.74, 6) is -0.808. The smallest absolute Gasteiger partial charge is 0.335 e. The molecule has 2 aromatic rings. The molecule has 0 aliphatic rings. The summed E-state index contributed by atoms with van der Waals surface area (Å²) in [4.78, 5) is 12.2. The van der Waals surface area contributed by atoms with Crippen molar-refractivity contribution in [3.8, 4) is 0 Å². The molecule has 2 rings (SSSR count). The molecule has 0 spiro atoms. The molecule has 1 N–H and O–H groups in total. The number of ether oxygens (including phenoxy) is 1. The van der Waals surface area contributed by atoms with E-state index in [0.29, 0.717) is 16.3 Å². The van der Waals surface area contributed by atoms with Crippen LogP contribution in [-0.2, 0) is 15.1 Å². The molecule has 0 radical (unpaired) electrons. The SMILES string of the molecule is COC(=O)C(C)(Nc1ccc(F)cc1)c1cccc(Cl)c1. The van der Waals surface area contributed by atoms with Crippen LogP contribution in [0.2, 0.25) is 5.02 Å². The van der Waals surface area contributed by atoms with Gasteiger partial charge in [0.15, 0.2) is 5.54 Å². The fraction of sp³-hybridized carbons (Fsp3) is 0.188. The van der Waals surface area contributed by atoms with Gasteiger partial charge in [-0.05, 0) is 48.9 Å². The number of carbonyl (C=O) groups excluding carboxylic acids is 1. The lowest BCUT2D eigenvalue weighted by Crippen LogP contribution is -2.41. The summed E-state index contributed by atoms with van der Waals surface area (Å²) >= 11 is 5.99. The third-order valence-electron chi connectivity index (χ3n) is 3.23. The highest BCUT2D eigenvalue weighted by Crippen LogP contribution is 2.29. The molecular weight excluding hydrogens is 293 g/mol. The number of carbonyl (C=O) groups is 1. The third-order valence-corrected chi connectivity index (χ3v) is 3.47. The van der Waals surface area contributed by atoms with Gasteiger partial charge >= 0.3 is 5.97 Å². The number of anilines is 1. The predicted molar refractivity (Wildman–Crippen MR) is 80.8 cm³/mol. The Bertz CT molecular complexity index is 645. The molecule has 0 saturated carbocycles. The first kappa shape index (κ1) is 15.3. The number of methoxy groups -OCH3 is 1. The van der Waals surface area contributed by atoms with Crippen LogP contribution >= 0.6 is 11.6 Å². The average molecular weight is 308 g/mol. The number of rotatable bonds is 4. The molecule has 0 fully saturated rings. The van der Waals surface area contributed by atoms with Gasteiger partial charge in [0.1, 0.15) is 5.82 Å². The Labute approximate surface area is 127 Å². The lowest BCUT2D eigenvalue weighted by atomic mass is 9.91. The monoisotopic (exact) mass is 307 g/mol. The molecule has 0 saturated heterocycles. The summed E-state index contributed by atoms with van der Waals surface area (Å²) in [5.41, 5.74) is 0.132. The summed E-state index contributed by atoms with van der Waals surface area (Å²) in [6.45, 7) is 1.69. The van der Waals surface area contributed by atoms with Crippen LogP contribution < -0.4 is 5.32 Å². The number of benzene rings is 2. The second-order valence-corrected chi connectivity index (χ2v) is 5.20. The standard InChI is InChI=1S/C16H15ClFNO2/c1-16(15(20)21-2,11-4-3-5-12(17)10-11)19-14-8-6-13(18)7-9-14/h3-10,19H,1-2H3. The quantitative estimate of drug-likeness (QED) is 0.868. The maximum Gasteiger partial charge on any atom is 0.335 e. The molecule has 1 atom stereocenters. The fourth-order valence-electron chi connectivity index (χ4n) is 2.07. The summed E-state index contributed by atoms with van der Waals surface area (Å²) in [7, 11) is 1.32. The molecule has 0 amide bonds. The van der Waals surface area contributed by atoms with Gasteiger partial charge in [0.2, 0.25) is 0 Å². The minimum atomic E-state index is -1.13. The van der Waals surface area contributed by atoms with Crippen molar-refractivity contribution in [1.82, 2.24) is 0 Å². The van der Waals surface area contributed by atoms with Crippen molar-refractivity contribution in [1.29, 1.82) is 0 Å². The van der Waals surface area contributed by atoms with Crippen molar-refractivity contribution < 1.29 is 13.9 Å². The molecule has 0 aliphatic carbocycles. The van der Waals surface area contributed by atoms with Gasteiger partial charge in [-0.25, -0.2) is 9.18 Å². The van der Waals surface area contributed by atoms with E-state index in [-0.39, 0.29) is 5.82 Å². The van der Waals surface area contributed by atoms with Crippen LogP contribution in [0.25, 0.3) is 0 Å². The number of hydrogen-bond donors (Lipinski definition) is 1. The van der Waals surface area contributed by atoms with Crippen molar-refractivity contribution in [2.75, 3.05) is 12.4 Å². The van der Waals surface area contributed by atoms with E-state index in [1.54, 1.807) is 43.3 Å². The molecular formula is C16H15ClFNO2. The van der Waals surface area contributed by atoms with Gasteiger partial charge < -0.3 is 10.1 Å². The van der Waals surface area contributed by atoms with E-state index in [1.807, 2.05) is 0 Å². The summed E-state index contributed by atoms with van der Waals surface area (Å²) < 4.78 is 17.9. The summed E-state index contributed by atoms with van der Waals surface area (Å²) in [6.07, 6.45) is 0. The van der Waals surface area contributed by atoms with Crippen molar-refractivity contribution in [3.63, 3.8) is 0 Å². The lowest BCUT2D eigenvalue weighted by molar-refractivity contribution is -0.145. The Morgan fingerprint density at radius 3 is 2.48 bits per heavy atom. The topological polar surface area (TPSA) is 38.3 Å². The summed E-state index contributed by atoms with van der Waals surface area (Å²) in [5, 5.41) is 3.59. The molecule has 0 bridgehead atoms. The summed E-state index contributed by atoms with van der Waals surface area (Å²) in [6, 6.07) is 12.7. The Morgan fingerprint density at radius 2 is 1.90 bits per heavy atom. The van der Waals surface area contributed by atoms with Crippen LogP contribution in [0, 0.1) is 5.82 Å². The zero-order valence-corrected chi connectivity index (χ0v) is 12.4. The molecule has 2 aromatic carbocycles. The molecule has 0 aromatic heterocycles. The third kappa shape index (κ3) is 3.34. The Hall–Kier alpha value is -2.07.